The second kappa shape index (κ2) is 8.15. The van der Waals surface area contributed by atoms with Crippen LogP contribution >= 0.6 is 0 Å². The lowest BCUT2D eigenvalue weighted by Crippen LogP contribution is -2.24. The summed E-state index contributed by atoms with van der Waals surface area (Å²) in [5.41, 5.74) is 3.10. The van der Waals surface area contributed by atoms with Crippen molar-refractivity contribution in [3.63, 3.8) is 0 Å². The van der Waals surface area contributed by atoms with Gasteiger partial charge in [-0.25, -0.2) is 0 Å². The van der Waals surface area contributed by atoms with Gasteiger partial charge < -0.3 is 19.9 Å². The monoisotopic (exact) mass is 267 g/mol. The van der Waals surface area contributed by atoms with E-state index in [1.165, 1.54) is 0 Å². The van der Waals surface area contributed by atoms with Gasteiger partial charge in [0.2, 0.25) is 0 Å². The van der Waals surface area contributed by atoms with Crippen molar-refractivity contribution in [3.05, 3.63) is 28.8 Å². The van der Waals surface area contributed by atoms with E-state index >= 15 is 0 Å². The molecule has 0 saturated heterocycles. The molecule has 0 fully saturated rings. The average molecular weight is 267 g/mol. The Labute approximate surface area is 115 Å². The molecule has 1 rings (SSSR count). The number of rotatable bonds is 8. The Kier molecular flexibility index (Phi) is 6.84. The maximum absolute atomic E-state index is 10.3. The predicted molar refractivity (Wildman–Crippen MR) is 76.8 cm³/mol. The number of ether oxygens (including phenoxy) is 2. The van der Waals surface area contributed by atoms with E-state index in [9.17, 15) is 5.11 Å². The second-order valence-electron chi connectivity index (χ2n) is 4.74. The van der Waals surface area contributed by atoms with Crippen molar-refractivity contribution in [1.29, 1.82) is 0 Å². The van der Waals surface area contributed by atoms with Gasteiger partial charge in [-0.1, -0.05) is 0 Å². The van der Waals surface area contributed by atoms with Crippen LogP contribution in [0.3, 0.4) is 0 Å². The van der Waals surface area contributed by atoms with Crippen LogP contribution in [0.1, 0.15) is 29.2 Å². The van der Waals surface area contributed by atoms with Crippen molar-refractivity contribution in [2.75, 3.05) is 33.9 Å². The fourth-order valence-corrected chi connectivity index (χ4v) is 2.26. The Balaban J connectivity index is 2.59. The van der Waals surface area contributed by atoms with Gasteiger partial charge in [0.05, 0.1) is 13.2 Å². The minimum Gasteiger partial charge on any atom is -0.497 e. The number of benzene rings is 1. The van der Waals surface area contributed by atoms with Crippen LogP contribution in [0.5, 0.6) is 5.75 Å². The van der Waals surface area contributed by atoms with Crippen molar-refractivity contribution >= 4 is 0 Å². The van der Waals surface area contributed by atoms with Gasteiger partial charge in [-0.3, -0.25) is 0 Å². The van der Waals surface area contributed by atoms with E-state index in [-0.39, 0.29) is 0 Å². The van der Waals surface area contributed by atoms with Crippen LogP contribution in [0.4, 0.5) is 0 Å². The topological polar surface area (TPSA) is 50.7 Å². The second-order valence-corrected chi connectivity index (χ2v) is 4.74. The summed E-state index contributed by atoms with van der Waals surface area (Å²) in [6, 6.07) is 3.91. The van der Waals surface area contributed by atoms with Crippen molar-refractivity contribution in [3.8, 4) is 5.75 Å². The van der Waals surface area contributed by atoms with E-state index < -0.39 is 6.10 Å². The number of aliphatic hydroxyl groups is 1. The van der Waals surface area contributed by atoms with Gasteiger partial charge in [-0.2, -0.15) is 0 Å². The van der Waals surface area contributed by atoms with Gasteiger partial charge in [-0.15, -0.1) is 0 Å². The summed E-state index contributed by atoms with van der Waals surface area (Å²) >= 11 is 0. The number of hydrogen-bond donors (Lipinski definition) is 2. The predicted octanol–water partition coefficient (Wildman–Crippen LogP) is 1.97. The van der Waals surface area contributed by atoms with Gasteiger partial charge in [0.25, 0.3) is 0 Å². The van der Waals surface area contributed by atoms with Gasteiger partial charge >= 0.3 is 0 Å². The van der Waals surface area contributed by atoms with E-state index in [1.807, 2.05) is 26.0 Å². The molecule has 1 aromatic rings. The quantitative estimate of drug-likeness (QED) is 0.707. The molecule has 1 atom stereocenters. The number of aryl methyl sites for hydroxylation is 2. The molecule has 0 spiro atoms. The minimum atomic E-state index is -0.492. The molecule has 0 aromatic heterocycles. The molecule has 0 radical (unpaired) electrons. The lowest BCUT2D eigenvalue weighted by Gasteiger charge is -2.18. The van der Waals surface area contributed by atoms with Crippen LogP contribution < -0.4 is 10.1 Å². The summed E-state index contributed by atoms with van der Waals surface area (Å²) in [7, 11) is 3.35. The summed E-state index contributed by atoms with van der Waals surface area (Å²) in [6.45, 7) is 6.14. The molecular formula is C15H25NO3. The SMILES string of the molecule is COCCCNCC(O)c1c(C)cc(OC)cc1C. The van der Waals surface area contributed by atoms with E-state index in [4.69, 9.17) is 9.47 Å². The van der Waals surface area contributed by atoms with Gasteiger partial charge in [-0.05, 0) is 55.6 Å². The number of hydrogen-bond acceptors (Lipinski definition) is 4. The van der Waals surface area contributed by atoms with E-state index in [1.54, 1.807) is 14.2 Å². The zero-order chi connectivity index (χ0) is 14.3. The molecule has 4 nitrogen and oxygen atoms in total. The highest BCUT2D eigenvalue weighted by Gasteiger charge is 2.14. The molecule has 2 N–H and O–H groups in total. The summed E-state index contributed by atoms with van der Waals surface area (Å²) in [4.78, 5) is 0. The zero-order valence-electron chi connectivity index (χ0n) is 12.3. The van der Waals surface area contributed by atoms with Crippen LogP contribution in [-0.4, -0.2) is 39.0 Å². The molecular weight excluding hydrogens is 242 g/mol. The third kappa shape index (κ3) is 4.82. The molecule has 0 bridgehead atoms. The molecule has 4 heteroatoms. The van der Waals surface area contributed by atoms with Crippen LogP contribution in [0.2, 0.25) is 0 Å². The maximum atomic E-state index is 10.3. The zero-order valence-corrected chi connectivity index (χ0v) is 12.3. The fourth-order valence-electron chi connectivity index (χ4n) is 2.26. The molecule has 0 heterocycles. The molecule has 0 saturated carbocycles. The first kappa shape index (κ1) is 16.0. The summed E-state index contributed by atoms with van der Waals surface area (Å²) in [5, 5.41) is 13.5. The van der Waals surface area contributed by atoms with Crippen molar-refractivity contribution in [2.45, 2.75) is 26.4 Å². The number of methoxy groups -OCH3 is 2. The highest BCUT2D eigenvalue weighted by molar-refractivity contribution is 5.42. The Morgan fingerprint density at radius 3 is 2.37 bits per heavy atom. The molecule has 0 aliphatic rings. The first-order valence-electron chi connectivity index (χ1n) is 6.63. The van der Waals surface area contributed by atoms with E-state index in [2.05, 4.69) is 5.32 Å². The van der Waals surface area contributed by atoms with Crippen molar-refractivity contribution in [1.82, 2.24) is 5.32 Å². The van der Waals surface area contributed by atoms with E-state index in [0.717, 1.165) is 42.0 Å². The van der Waals surface area contributed by atoms with Crippen LogP contribution in [0.15, 0.2) is 12.1 Å². The lowest BCUT2D eigenvalue weighted by atomic mass is 9.97. The standard InChI is InChI=1S/C15H25NO3/c1-11-8-13(19-4)9-12(2)15(11)14(17)10-16-6-5-7-18-3/h8-9,14,16-17H,5-7,10H2,1-4H3. The number of aliphatic hydroxyl groups excluding tert-OH is 1. The first-order valence-corrected chi connectivity index (χ1v) is 6.63. The van der Waals surface area contributed by atoms with Gasteiger partial charge in [0.15, 0.2) is 0 Å². The Morgan fingerprint density at radius 1 is 1.21 bits per heavy atom. The molecule has 1 unspecified atom stereocenters. The van der Waals surface area contributed by atoms with Gasteiger partial charge in [0.1, 0.15) is 5.75 Å². The maximum Gasteiger partial charge on any atom is 0.119 e. The highest BCUT2D eigenvalue weighted by atomic mass is 16.5. The van der Waals surface area contributed by atoms with Crippen LogP contribution in [-0.2, 0) is 4.74 Å². The largest absolute Gasteiger partial charge is 0.497 e. The molecule has 0 aliphatic carbocycles. The smallest absolute Gasteiger partial charge is 0.119 e. The Morgan fingerprint density at radius 2 is 1.84 bits per heavy atom. The summed E-state index contributed by atoms with van der Waals surface area (Å²) < 4.78 is 10.2. The van der Waals surface area contributed by atoms with Crippen molar-refractivity contribution in [2.24, 2.45) is 0 Å². The first-order chi connectivity index (χ1) is 9.10. The Hall–Kier alpha value is -1.10. The molecule has 1 aromatic carbocycles. The molecule has 0 amide bonds. The Bertz CT molecular complexity index is 370. The molecule has 19 heavy (non-hydrogen) atoms. The normalized spacial score (nSPS) is 12.5. The lowest BCUT2D eigenvalue weighted by molar-refractivity contribution is 0.167. The van der Waals surface area contributed by atoms with Gasteiger partial charge in [0, 0.05) is 20.3 Å². The van der Waals surface area contributed by atoms with Crippen molar-refractivity contribution < 1.29 is 14.6 Å². The summed E-state index contributed by atoms with van der Waals surface area (Å²) in [5.74, 6) is 0.832. The molecule has 0 aliphatic heterocycles. The molecule has 108 valence electrons. The third-order valence-corrected chi connectivity index (χ3v) is 3.18. The minimum absolute atomic E-state index is 0.492. The number of nitrogens with one attached hydrogen (secondary N) is 1. The van der Waals surface area contributed by atoms with Crippen LogP contribution in [0, 0.1) is 13.8 Å². The third-order valence-electron chi connectivity index (χ3n) is 3.18. The average Bonchev–Trinajstić information content (AvgIpc) is 2.37. The fraction of sp³-hybridized carbons (Fsp3) is 0.600. The highest BCUT2D eigenvalue weighted by Crippen LogP contribution is 2.26. The van der Waals surface area contributed by atoms with E-state index in [0.29, 0.717) is 6.54 Å². The summed E-state index contributed by atoms with van der Waals surface area (Å²) in [6.07, 6.45) is 0.456. The van der Waals surface area contributed by atoms with Crippen LogP contribution in [0.25, 0.3) is 0 Å².